The Hall–Kier alpha value is -4.01. The molecule has 0 atom stereocenters. The zero-order chi connectivity index (χ0) is 26.9. The van der Waals surface area contributed by atoms with E-state index in [4.69, 9.17) is 0 Å². The maximum atomic E-state index is 13.7. The zero-order valence-electron chi connectivity index (χ0n) is 20.7. The number of hydrogen-bond donors (Lipinski definition) is 1. The first-order chi connectivity index (χ1) is 18.2. The largest absolute Gasteiger partial charge is 0.339 e. The number of hydrogen-bond acceptors (Lipinski definition) is 3. The fraction of sp³-hybridized carbons (Fsp3) is 0.0667. The summed E-state index contributed by atoms with van der Waals surface area (Å²) in [5, 5.41) is 3.20. The molecular weight excluding hydrogens is 562 g/mol. The van der Waals surface area contributed by atoms with Crippen LogP contribution >= 0.6 is 15.9 Å². The minimum Gasteiger partial charge on any atom is -0.339 e. The van der Waals surface area contributed by atoms with E-state index in [0.717, 1.165) is 15.7 Å². The predicted molar refractivity (Wildman–Crippen MR) is 157 cm³/mol. The number of carbonyl (C=O) groups excluding carboxylic acids is 1. The molecule has 4 aromatic carbocycles. The van der Waals surface area contributed by atoms with Gasteiger partial charge in [-0.15, -0.1) is 4.40 Å². The van der Waals surface area contributed by atoms with Gasteiger partial charge in [-0.05, 0) is 55.0 Å². The quantitative estimate of drug-likeness (QED) is 0.164. The van der Waals surface area contributed by atoms with Crippen molar-refractivity contribution in [1.29, 1.82) is 0 Å². The van der Waals surface area contributed by atoms with E-state index >= 15 is 0 Å². The molecule has 0 aromatic heterocycles. The molecule has 190 valence electrons. The van der Waals surface area contributed by atoms with Gasteiger partial charge in [0, 0.05) is 28.3 Å². The number of benzene rings is 4. The number of anilines is 2. The Morgan fingerprint density at radius 1 is 0.868 bits per heavy atom. The van der Waals surface area contributed by atoms with E-state index in [9.17, 15) is 13.2 Å². The number of sulfonamides is 1. The highest BCUT2D eigenvalue weighted by Crippen LogP contribution is 2.42. The summed E-state index contributed by atoms with van der Waals surface area (Å²) in [5.74, 6) is -0.209. The van der Waals surface area contributed by atoms with Gasteiger partial charge in [0.15, 0.2) is 5.84 Å². The summed E-state index contributed by atoms with van der Waals surface area (Å²) in [6.45, 7) is 1.89. The van der Waals surface area contributed by atoms with Crippen LogP contribution in [0.4, 0.5) is 11.4 Å². The van der Waals surface area contributed by atoms with Crippen molar-refractivity contribution in [3.05, 3.63) is 124 Å². The molecule has 0 saturated carbocycles. The van der Waals surface area contributed by atoms with E-state index < -0.39 is 10.0 Å². The Morgan fingerprint density at radius 3 is 2.16 bits per heavy atom. The highest BCUT2D eigenvalue weighted by molar-refractivity contribution is 9.10. The Bertz CT molecular complexity index is 1680. The topological polar surface area (TPSA) is 78.8 Å². The summed E-state index contributed by atoms with van der Waals surface area (Å²) in [7, 11) is -2.43. The standard InChI is InChI=1S/C30H24BrN3O3S/c1-20-13-16-24(17-14-20)38(36,37)33-29(32-23-11-7-4-8-12-23)27(21-9-5-3-6-10-21)28-25-19-22(31)15-18-26(25)34(2)30(28)35/h3-19H,1-2H3,(H,32,33)/b28-27-. The second kappa shape index (κ2) is 10.4. The van der Waals surface area contributed by atoms with E-state index in [1.807, 2.05) is 85.8 Å². The van der Waals surface area contributed by atoms with Crippen molar-refractivity contribution in [3.63, 3.8) is 0 Å². The second-order valence-corrected chi connectivity index (χ2v) is 11.4. The van der Waals surface area contributed by atoms with Gasteiger partial charge in [0.25, 0.3) is 15.9 Å². The molecule has 0 saturated heterocycles. The maximum absolute atomic E-state index is 13.7. The number of fused-ring (bicyclic) bond motifs is 1. The molecule has 0 unspecified atom stereocenters. The first-order valence-corrected chi connectivity index (χ1v) is 14.1. The van der Waals surface area contributed by atoms with E-state index in [1.165, 1.54) is 12.1 Å². The average Bonchev–Trinajstić information content (AvgIpc) is 3.14. The second-order valence-electron chi connectivity index (χ2n) is 8.86. The SMILES string of the molecule is Cc1ccc(S(=O)(=O)/N=C(Nc2ccccc2)/C(=C2\C(=O)N(C)c3ccc(Br)cc32)c2ccccc2)cc1. The minimum absolute atomic E-state index is 0.0487. The summed E-state index contributed by atoms with van der Waals surface area (Å²) in [6.07, 6.45) is 0. The third kappa shape index (κ3) is 5.05. The Morgan fingerprint density at radius 2 is 1.50 bits per heavy atom. The lowest BCUT2D eigenvalue weighted by Gasteiger charge is -2.17. The number of para-hydroxylation sites is 1. The van der Waals surface area contributed by atoms with Crippen LogP contribution in [-0.4, -0.2) is 27.2 Å². The van der Waals surface area contributed by atoms with Gasteiger partial charge in [0.1, 0.15) is 0 Å². The fourth-order valence-electron chi connectivity index (χ4n) is 4.31. The highest BCUT2D eigenvalue weighted by atomic mass is 79.9. The smallest absolute Gasteiger partial charge is 0.284 e. The number of rotatable bonds is 5. The Balaban J connectivity index is 1.83. The molecule has 6 nitrogen and oxygen atoms in total. The number of nitrogens with zero attached hydrogens (tertiary/aromatic N) is 2. The summed E-state index contributed by atoms with van der Waals surface area (Å²) < 4.78 is 32.3. The number of aryl methyl sites for hydroxylation is 1. The molecule has 1 amide bonds. The molecule has 0 fully saturated rings. The Kier molecular flexibility index (Phi) is 7.01. The third-order valence-electron chi connectivity index (χ3n) is 6.22. The molecule has 0 aliphatic carbocycles. The molecule has 1 N–H and O–H groups in total. The van der Waals surface area contributed by atoms with Gasteiger partial charge in [0.05, 0.1) is 16.2 Å². The lowest BCUT2D eigenvalue weighted by Crippen LogP contribution is -2.24. The van der Waals surface area contributed by atoms with Crippen LogP contribution in [-0.2, 0) is 14.8 Å². The molecule has 4 aromatic rings. The van der Waals surface area contributed by atoms with Gasteiger partial charge < -0.3 is 10.2 Å². The summed E-state index contributed by atoms with van der Waals surface area (Å²) >= 11 is 3.52. The molecule has 5 rings (SSSR count). The van der Waals surface area contributed by atoms with Crippen molar-refractivity contribution in [2.75, 3.05) is 17.3 Å². The van der Waals surface area contributed by atoms with Crippen molar-refractivity contribution in [1.82, 2.24) is 0 Å². The number of amidine groups is 1. The van der Waals surface area contributed by atoms with Crippen LogP contribution < -0.4 is 10.2 Å². The molecular formula is C30H24BrN3O3S. The van der Waals surface area contributed by atoms with Gasteiger partial charge in [-0.3, -0.25) is 4.79 Å². The van der Waals surface area contributed by atoms with Crippen LogP contribution in [0.25, 0.3) is 11.1 Å². The first kappa shape index (κ1) is 25.6. The highest BCUT2D eigenvalue weighted by Gasteiger charge is 2.35. The first-order valence-electron chi connectivity index (χ1n) is 11.9. The molecule has 1 aliphatic heterocycles. The van der Waals surface area contributed by atoms with Crippen molar-refractivity contribution < 1.29 is 13.2 Å². The number of nitrogens with one attached hydrogen (secondary N) is 1. The maximum Gasteiger partial charge on any atom is 0.284 e. The Labute approximate surface area is 230 Å². The van der Waals surface area contributed by atoms with Crippen LogP contribution in [0, 0.1) is 6.92 Å². The van der Waals surface area contributed by atoms with Gasteiger partial charge in [-0.2, -0.15) is 8.42 Å². The lowest BCUT2D eigenvalue weighted by molar-refractivity contribution is -0.112. The van der Waals surface area contributed by atoms with Gasteiger partial charge >= 0.3 is 0 Å². The molecule has 0 bridgehead atoms. The molecule has 0 radical (unpaired) electrons. The molecule has 1 heterocycles. The van der Waals surface area contributed by atoms with Gasteiger partial charge in [0.2, 0.25) is 0 Å². The van der Waals surface area contributed by atoms with Gasteiger partial charge in [-0.1, -0.05) is 82.2 Å². The van der Waals surface area contributed by atoms with Crippen LogP contribution in [0.3, 0.4) is 0 Å². The minimum atomic E-state index is -4.14. The molecule has 1 aliphatic rings. The third-order valence-corrected chi connectivity index (χ3v) is 8.01. The summed E-state index contributed by atoms with van der Waals surface area (Å²) in [4.78, 5) is 15.4. The van der Waals surface area contributed by atoms with E-state index in [0.29, 0.717) is 28.0 Å². The van der Waals surface area contributed by atoms with Crippen molar-refractivity contribution in [3.8, 4) is 0 Å². The molecule has 8 heteroatoms. The number of likely N-dealkylation sites (N-methyl/N-ethyl adjacent to an activating group) is 1. The van der Waals surface area contributed by atoms with E-state index in [2.05, 4.69) is 25.6 Å². The number of amides is 1. The zero-order valence-corrected chi connectivity index (χ0v) is 23.1. The van der Waals surface area contributed by atoms with Crippen molar-refractivity contribution in [2.24, 2.45) is 4.40 Å². The monoisotopic (exact) mass is 585 g/mol. The van der Waals surface area contributed by atoms with Crippen LogP contribution in [0.1, 0.15) is 16.7 Å². The lowest BCUT2D eigenvalue weighted by atomic mass is 9.94. The van der Waals surface area contributed by atoms with E-state index in [1.54, 1.807) is 24.1 Å². The van der Waals surface area contributed by atoms with Gasteiger partial charge in [-0.25, -0.2) is 0 Å². The summed E-state index contributed by atoms with van der Waals surface area (Å²) in [5.41, 5.74) is 4.37. The fourth-order valence-corrected chi connectivity index (χ4v) is 5.64. The number of halogens is 1. The van der Waals surface area contributed by atoms with Crippen LogP contribution in [0.2, 0.25) is 0 Å². The van der Waals surface area contributed by atoms with Crippen LogP contribution in [0.15, 0.2) is 117 Å². The molecule has 38 heavy (non-hydrogen) atoms. The number of carbonyl (C=O) groups is 1. The van der Waals surface area contributed by atoms with E-state index in [-0.39, 0.29) is 16.6 Å². The normalized spacial score (nSPS) is 14.9. The van der Waals surface area contributed by atoms with Crippen LogP contribution in [0.5, 0.6) is 0 Å². The van der Waals surface area contributed by atoms with Crippen molar-refractivity contribution >= 4 is 60.2 Å². The predicted octanol–water partition coefficient (Wildman–Crippen LogP) is 6.54. The van der Waals surface area contributed by atoms with Crippen molar-refractivity contribution in [2.45, 2.75) is 11.8 Å². The molecule has 0 spiro atoms. The summed E-state index contributed by atoms with van der Waals surface area (Å²) in [6, 6.07) is 30.5. The average molecular weight is 587 g/mol.